The van der Waals surface area contributed by atoms with Crippen molar-refractivity contribution in [1.82, 2.24) is 0 Å². The van der Waals surface area contributed by atoms with Crippen LogP contribution < -0.4 is 16.8 Å². The molecule has 4 nitrogen and oxygen atoms in total. The third-order valence-corrected chi connectivity index (χ3v) is 2.57. The highest BCUT2D eigenvalue weighted by molar-refractivity contribution is 9.10. The Hall–Kier alpha value is -1.23. The number of rotatable bonds is 3. The highest BCUT2D eigenvalue weighted by Crippen LogP contribution is 2.25. The first kappa shape index (κ1) is 11.8. The molecule has 0 aliphatic rings. The quantitative estimate of drug-likeness (QED) is 0.732. The van der Waals surface area contributed by atoms with E-state index >= 15 is 0 Å². The molecule has 0 saturated carbocycles. The van der Waals surface area contributed by atoms with Gasteiger partial charge in [0.15, 0.2) is 0 Å². The number of carbonyl (C=O) groups is 1. The monoisotopic (exact) mass is 271 g/mol. The molecule has 0 aromatic heterocycles. The average Bonchev–Trinajstić information content (AvgIpc) is 2.09. The fraction of sp³-hybridized carbons (Fsp3) is 0.300. The minimum atomic E-state index is -0.818. The number of halogens is 1. The SMILES string of the molecule is CC(C)(Nc1ccc(Br)cc1N)C(N)=O. The summed E-state index contributed by atoms with van der Waals surface area (Å²) in [4.78, 5) is 11.1. The van der Waals surface area contributed by atoms with Crippen LogP contribution in [0.25, 0.3) is 0 Å². The van der Waals surface area contributed by atoms with Gasteiger partial charge in [0.2, 0.25) is 5.91 Å². The first-order chi connectivity index (χ1) is 6.83. The number of benzene rings is 1. The minimum absolute atomic E-state index is 0.426. The lowest BCUT2D eigenvalue weighted by atomic mass is 10.0. The maximum Gasteiger partial charge on any atom is 0.242 e. The summed E-state index contributed by atoms with van der Waals surface area (Å²) in [5.41, 5.74) is 11.5. The Morgan fingerprint density at radius 1 is 1.47 bits per heavy atom. The number of nitrogens with two attached hydrogens (primary N) is 2. The van der Waals surface area contributed by atoms with E-state index in [1.54, 1.807) is 26.0 Å². The van der Waals surface area contributed by atoms with Crippen molar-refractivity contribution in [2.75, 3.05) is 11.1 Å². The lowest BCUT2D eigenvalue weighted by Gasteiger charge is -2.24. The molecule has 1 amide bonds. The summed E-state index contributed by atoms with van der Waals surface area (Å²) in [6.07, 6.45) is 0. The number of carbonyl (C=O) groups excluding carboxylic acids is 1. The second kappa shape index (κ2) is 4.10. The number of hydrogen-bond donors (Lipinski definition) is 3. The summed E-state index contributed by atoms with van der Waals surface area (Å²) in [6, 6.07) is 5.40. The molecule has 1 aromatic carbocycles. The summed E-state index contributed by atoms with van der Waals surface area (Å²) in [5.74, 6) is -0.426. The predicted molar refractivity (Wildman–Crippen MR) is 65.5 cm³/mol. The van der Waals surface area contributed by atoms with Crippen LogP contribution in [0.15, 0.2) is 22.7 Å². The Labute approximate surface area is 97.1 Å². The van der Waals surface area contributed by atoms with E-state index in [9.17, 15) is 4.79 Å². The van der Waals surface area contributed by atoms with E-state index in [0.29, 0.717) is 11.4 Å². The van der Waals surface area contributed by atoms with Gasteiger partial charge in [-0.1, -0.05) is 15.9 Å². The van der Waals surface area contributed by atoms with E-state index < -0.39 is 11.4 Å². The van der Waals surface area contributed by atoms with Crippen LogP contribution in [0, 0.1) is 0 Å². The minimum Gasteiger partial charge on any atom is -0.397 e. The largest absolute Gasteiger partial charge is 0.397 e. The molecular weight excluding hydrogens is 258 g/mol. The molecule has 0 unspecified atom stereocenters. The topological polar surface area (TPSA) is 81.1 Å². The van der Waals surface area contributed by atoms with Crippen LogP contribution in [0.3, 0.4) is 0 Å². The van der Waals surface area contributed by atoms with Gasteiger partial charge < -0.3 is 16.8 Å². The Morgan fingerprint density at radius 2 is 2.07 bits per heavy atom. The fourth-order valence-electron chi connectivity index (χ4n) is 1.05. The van der Waals surface area contributed by atoms with Crippen LogP contribution in [0.1, 0.15) is 13.8 Å². The van der Waals surface area contributed by atoms with Crippen LogP contribution >= 0.6 is 15.9 Å². The first-order valence-corrected chi connectivity index (χ1v) is 5.25. The second-order valence-electron chi connectivity index (χ2n) is 3.85. The molecule has 0 heterocycles. The van der Waals surface area contributed by atoms with E-state index in [4.69, 9.17) is 11.5 Å². The summed E-state index contributed by atoms with van der Waals surface area (Å²) >= 11 is 3.31. The van der Waals surface area contributed by atoms with Gasteiger partial charge in [-0.15, -0.1) is 0 Å². The van der Waals surface area contributed by atoms with E-state index in [1.807, 2.05) is 6.07 Å². The molecule has 1 aromatic rings. The van der Waals surface area contributed by atoms with Gasteiger partial charge in [-0.05, 0) is 32.0 Å². The standard InChI is InChI=1S/C10H14BrN3O/c1-10(2,9(13)15)14-8-4-3-6(11)5-7(8)12/h3-5,14H,12H2,1-2H3,(H2,13,15). The molecule has 1 rings (SSSR count). The molecule has 0 aliphatic heterocycles. The lowest BCUT2D eigenvalue weighted by Crippen LogP contribution is -2.45. The molecule has 0 aliphatic carbocycles. The summed E-state index contributed by atoms with van der Waals surface area (Å²) < 4.78 is 0.891. The lowest BCUT2D eigenvalue weighted by molar-refractivity contribution is -0.121. The third-order valence-electron chi connectivity index (χ3n) is 2.08. The molecule has 0 spiro atoms. The normalized spacial score (nSPS) is 11.1. The third kappa shape index (κ3) is 2.86. The maximum absolute atomic E-state index is 11.1. The Morgan fingerprint density at radius 3 is 2.53 bits per heavy atom. The molecule has 15 heavy (non-hydrogen) atoms. The van der Waals surface area contributed by atoms with Crippen molar-refractivity contribution < 1.29 is 4.79 Å². The number of primary amides is 1. The summed E-state index contributed by atoms with van der Waals surface area (Å²) in [7, 11) is 0. The zero-order valence-electron chi connectivity index (χ0n) is 8.67. The zero-order chi connectivity index (χ0) is 11.6. The molecule has 0 fully saturated rings. The van der Waals surface area contributed by atoms with Crippen molar-refractivity contribution in [3.05, 3.63) is 22.7 Å². The van der Waals surface area contributed by atoms with Gasteiger partial charge in [0.1, 0.15) is 5.54 Å². The number of nitrogen functional groups attached to an aromatic ring is 1. The van der Waals surface area contributed by atoms with Gasteiger partial charge >= 0.3 is 0 Å². The van der Waals surface area contributed by atoms with Gasteiger partial charge in [0.05, 0.1) is 11.4 Å². The molecule has 5 N–H and O–H groups in total. The van der Waals surface area contributed by atoms with E-state index in [2.05, 4.69) is 21.2 Å². The van der Waals surface area contributed by atoms with Crippen molar-refractivity contribution in [2.45, 2.75) is 19.4 Å². The molecule has 0 saturated heterocycles. The van der Waals surface area contributed by atoms with Crippen molar-refractivity contribution in [3.63, 3.8) is 0 Å². The number of hydrogen-bond acceptors (Lipinski definition) is 3. The molecule has 0 atom stereocenters. The second-order valence-corrected chi connectivity index (χ2v) is 4.76. The molecular formula is C10H14BrN3O. The van der Waals surface area contributed by atoms with Crippen molar-refractivity contribution in [1.29, 1.82) is 0 Å². The van der Waals surface area contributed by atoms with Gasteiger partial charge in [0, 0.05) is 4.47 Å². The molecule has 82 valence electrons. The molecule has 0 bridgehead atoms. The Bertz CT molecular complexity index is 390. The van der Waals surface area contributed by atoms with Gasteiger partial charge in [-0.2, -0.15) is 0 Å². The van der Waals surface area contributed by atoms with Crippen molar-refractivity contribution in [2.24, 2.45) is 5.73 Å². The van der Waals surface area contributed by atoms with Gasteiger partial charge in [-0.25, -0.2) is 0 Å². The zero-order valence-corrected chi connectivity index (χ0v) is 10.3. The van der Waals surface area contributed by atoms with Crippen molar-refractivity contribution in [3.8, 4) is 0 Å². The maximum atomic E-state index is 11.1. The Balaban J connectivity index is 2.95. The highest BCUT2D eigenvalue weighted by atomic mass is 79.9. The number of anilines is 2. The summed E-state index contributed by atoms with van der Waals surface area (Å²) in [6.45, 7) is 3.41. The van der Waals surface area contributed by atoms with Crippen LogP contribution in [0.4, 0.5) is 11.4 Å². The van der Waals surface area contributed by atoms with Crippen LogP contribution in [0.5, 0.6) is 0 Å². The molecule has 5 heteroatoms. The summed E-state index contributed by atoms with van der Waals surface area (Å²) in [5, 5.41) is 2.99. The average molecular weight is 272 g/mol. The smallest absolute Gasteiger partial charge is 0.242 e. The first-order valence-electron chi connectivity index (χ1n) is 4.46. The Kier molecular flexibility index (Phi) is 3.24. The fourth-order valence-corrected chi connectivity index (χ4v) is 1.42. The van der Waals surface area contributed by atoms with Gasteiger partial charge in [-0.3, -0.25) is 4.79 Å². The number of nitrogens with one attached hydrogen (secondary N) is 1. The van der Waals surface area contributed by atoms with Crippen molar-refractivity contribution >= 4 is 33.2 Å². The highest BCUT2D eigenvalue weighted by Gasteiger charge is 2.24. The van der Waals surface area contributed by atoms with E-state index in [0.717, 1.165) is 4.47 Å². The van der Waals surface area contributed by atoms with Crippen LogP contribution in [-0.4, -0.2) is 11.4 Å². The number of amides is 1. The van der Waals surface area contributed by atoms with Gasteiger partial charge in [0.25, 0.3) is 0 Å². The molecule has 0 radical (unpaired) electrons. The van der Waals surface area contributed by atoms with Crippen LogP contribution in [0.2, 0.25) is 0 Å². The predicted octanol–water partition coefficient (Wildman–Crippen LogP) is 1.71. The van der Waals surface area contributed by atoms with E-state index in [1.165, 1.54) is 0 Å². The van der Waals surface area contributed by atoms with E-state index in [-0.39, 0.29) is 0 Å². The van der Waals surface area contributed by atoms with Crippen LogP contribution in [-0.2, 0) is 4.79 Å².